The predicted octanol–water partition coefficient (Wildman–Crippen LogP) is 2.55. The zero-order valence-corrected chi connectivity index (χ0v) is 13.8. The van der Waals surface area contributed by atoms with Crippen LogP contribution in [-0.2, 0) is 16.0 Å². The molecule has 4 nitrogen and oxygen atoms in total. The molecule has 132 valence electrons. The van der Waals surface area contributed by atoms with Crippen molar-refractivity contribution in [1.82, 2.24) is 9.80 Å². The monoisotopic (exact) mass is 342 g/mol. The van der Waals surface area contributed by atoms with Crippen molar-refractivity contribution in [3.63, 3.8) is 0 Å². The molecule has 0 radical (unpaired) electrons. The van der Waals surface area contributed by atoms with Crippen LogP contribution in [0.5, 0.6) is 0 Å². The normalized spacial score (nSPS) is 18.1. The summed E-state index contributed by atoms with van der Waals surface area (Å²) in [4.78, 5) is 26.4. The number of hydrogen-bond acceptors (Lipinski definition) is 2. The number of rotatable bonds is 5. The Hall–Kier alpha value is -2.05. The van der Waals surface area contributed by atoms with Crippen LogP contribution in [0.4, 0.5) is 13.2 Å². The molecule has 0 bridgehead atoms. The number of likely N-dealkylation sites (N-methyl/N-ethyl adjacent to an activating group) is 1. The number of aryl methyl sites for hydroxylation is 2. The van der Waals surface area contributed by atoms with Gasteiger partial charge in [-0.3, -0.25) is 9.59 Å². The highest BCUT2D eigenvalue weighted by Crippen LogP contribution is 2.23. The van der Waals surface area contributed by atoms with Gasteiger partial charge in [-0.2, -0.15) is 13.2 Å². The average Bonchev–Trinajstić information content (AvgIpc) is 2.85. The molecular formula is C17H21F3N2O2. The quantitative estimate of drug-likeness (QED) is 0.825. The van der Waals surface area contributed by atoms with Crippen LogP contribution in [-0.4, -0.2) is 54.0 Å². The van der Waals surface area contributed by atoms with Gasteiger partial charge in [-0.1, -0.05) is 29.8 Å². The van der Waals surface area contributed by atoms with E-state index in [1.165, 1.54) is 11.9 Å². The van der Waals surface area contributed by atoms with E-state index in [9.17, 15) is 22.8 Å². The van der Waals surface area contributed by atoms with Crippen LogP contribution in [0.2, 0.25) is 0 Å². The molecule has 1 aromatic carbocycles. The molecule has 24 heavy (non-hydrogen) atoms. The van der Waals surface area contributed by atoms with E-state index in [0.717, 1.165) is 16.0 Å². The maximum atomic E-state index is 12.4. The third-order valence-corrected chi connectivity index (χ3v) is 4.25. The summed E-state index contributed by atoms with van der Waals surface area (Å²) in [6.45, 7) is 0.743. The Morgan fingerprint density at radius 3 is 2.50 bits per heavy atom. The number of benzene rings is 1. The van der Waals surface area contributed by atoms with Gasteiger partial charge in [-0.25, -0.2) is 0 Å². The maximum absolute atomic E-state index is 12.4. The Morgan fingerprint density at radius 1 is 1.29 bits per heavy atom. The topological polar surface area (TPSA) is 40.6 Å². The van der Waals surface area contributed by atoms with E-state index in [1.54, 1.807) is 0 Å². The first-order valence-electron chi connectivity index (χ1n) is 7.84. The third-order valence-electron chi connectivity index (χ3n) is 4.25. The first-order valence-corrected chi connectivity index (χ1v) is 7.84. The third kappa shape index (κ3) is 4.72. The lowest BCUT2D eigenvalue weighted by Crippen LogP contribution is -2.44. The molecule has 0 saturated carbocycles. The van der Waals surface area contributed by atoms with E-state index in [2.05, 4.69) is 0 Å². The van der Waals surface area contributed by atoms with Gasteiger partial charge in [0.25, 0.3) is 0 Å². The highest BCUT2D eigenvalue weighted by molar-refractivity contribution is 5.89. The number of likely N-dealkylation sites (tertiary alicyclic amines) is 1. The highest BCUT2D eigenvalue weighted by atomic mass is 19.4. The summed E-state index contributed by atoms with van der Waals surface area (Å²) < 4.78 is 37.3. The first kappa shape index (κ1) is 18.3. The van der Waals surface area contributed by atoms with Crippen molar-refractivity contribution < 1.29 is 22.8 Å². The number of carbonyl (C=O) groups is 2. The Balaban J connectivity index is 1.89. The van der Waals surface area contributed by atoms with Gasteiger partial charge in [-0.15, -0.1) is 0 Å². The van der Waals surface area contributed by atoms with Gasteiger partial charge in [0.1, 0.15) is 12.6 Å². The fourth-order valence-corrected chi connectivity index (χ4v) is 2.81. The summed E-state index contributed by atoms with van der Waals surface area (Å²) >= 11 is 0. The van der Waals surface area contributed by atoms with E-state index in [1.807, 2.05) is 31.2 Å². The van der Waals surface area contributed by atoms with Crippen molar-refractivity contribution in [2.24, 2.45) is 0 Å². The Bertz CT molecular complexity index is 599. The fraction of sp³-hybridized carbons (Fsp3) is 0.529. The number of amides is 2. The molecule has 2 rings (SSSR count). The molecule has 1 saturated heterocycles. The van der Waals surface area contributed by atoms with Gasteiger partial charge >= 0.3 is 6.18 Å². The summed E-state index contributed by atoms with van der Waals surface area (Å²) in [5.74, 6) is -0.860. The van der Waals surface area contributed by atoms with Crippen LogP contribution >= 0.6 is 0 Å². The van der Waals surface area contributed by atoms with Crippen LogP contribution < -0.4 is 0 Å². The molecule has 0 unspecified atom stereocenters. The van der Waals surface area contributed by atoms with Crippen molar-refractivity contribution in [1.29, 1.82) is 0 Å². The smallest absolute Gasteiger partial charge is 0.334 e. The molecule has 7 heteroatoms. The first-order chi connectivity index (χ1) is 11.2. The van der Waals surface area contributed by atoms with Crippen molar-refractivity contribution >= 4 is 11.8 Å². The van der Waals surface area contributed by atoms with E-state index < -0.39 is 24.7 Å². The number of carbonyl (C=O) groups excluding carboxylic acids is 2. The molecule has 0 aromatic heterocycles. The number of hydrogen-bond donors (Lipinski definition) is 0. The molecule has 1 aromatic rings. The van der Waals surface area contributed by atoms with Gasteiger partial charge in [0.05, 0.1) is 0 Å². The van der Waals surface area contributed by atoms with Crippen molar-refractivity contribution in [3.8, 4) is 0 Å². The summed E-state index contributed by atoms with van der Waals surface area (Å²) in [6.07, 6.45) is -3.42. The zero-order chi connectivity index (χ0) is 17.9. The summed E-state index contributed by atoms with van der Waals surface area (Å²) in [5, 5.41) is 0. The molecular weight excluding hydrogens is 321 g/mol. The van der Waals surface area contributed by atoms with Crippen LogP contribution in [0.25, 0.3) is 0 Å². The SMILES string of the molecule is Cc1ccc(CCC(=O)N(C)[C@H]2CCN(CC(F)(F)F)C2=O)cc1. The van der Waals surface area contributed by atoms with E-state index in [0.29, 0.717) is 6.42 Å². The average molecular weight is 342 g/mol. The largest absolute Gasteiger partial charge is 0.406 e. The van der Waals surface area contributed by atoms with E-state index in [-0.39, 0.29) is 25.3 Å². The summed E-state index contributed by atoms with van der Waals surface area (Å²) in [7, 11) is 1.48. The minimum absolute atomic E-state index is 0.0264. The van der Waals surface area contributed by atoms with Crippen molar-refractivity contribution in [2.75, 3.05) is 20.1 Å². The predicted molar refractivity (Wildman–Crippen MR) is 83.3 cm³/mol. The molecule has 1 aliphatic rings. The zero-order valence-electron chi connectivity index (χ0n) is 13.8. The minimum atomic E-state index is -4.42. The van der Waals surface area contributed by atoms with Gasteiger partial charge < -0.3 is 9.80 Å². The van der Waals surface area contributed by atoms with Gasteiger partial charge in [0.15, 0.2) is 0 Å². The van der Waals surface area contributed by atoms with Crippen LogP contribution in [0, 0.1) is 6.92 Å². The second-order valence-electron chi connectivity index (χ2n) is 6.17. The lowest BCUT2D eigenvalue weighted by atomic mass is 10.1. The lowest BCUT2D eigenvalue weighted by molar-refractivity contribution is -0.159. The minimum Gasteiger partial charge on any atom is -0.334 e. The van der Waals surface area contributed by atoms with Crippen molar-refractivity contribution in [3.05, 3.63) is 35.4 Å². The molecule has 1 aliphatic heterocycles. The molecule has 1 atom stereocenters. The number of nitrogens with zero attached hydrogens (tertiary/aromatic N) is 2. The molecule has 0 spiro atoms. The Morgan fingerprint density at radius 2 is 1.92 bits per heavy atom. The molecule has 2 amide bonds. The summed E-state index contributed by atoms with van der Waals surface area (Å²) in [5.41, 5.74) is 2.14. The van der Waals surface area contributed by atoms with Crippen LogP contribution in [0.3, 0.4) is 0 Å². The highest BCUT2D eigenvalue weighted by Gasteiger charge is 2.41. The Kier molecular flexibility index (Phi) is 5.51. The number of alkyl halides is 3. The van der Waals surface area contributed by atoms with E-state index >= 15 is 0 Å². The molecule has 0 N–H and O–H groups in total. The summed E-state index contributed by atoms with van der Waals surface area (Å²) in [6, 6.07) is 7.00. The fourth-order valence-electron chi connectivity index (χ4n) is 2.81. The lowest BCUT2D eigenvalue weighted by Gasteiger charge is -2.24. The maximum Gasteiger partial charge on any atom is 0.406 e. The van der Waals surface area contributed by atoms with Crippen molar-refractivity contribution in [2.45, 2.75) is 38.4 Å². The molecule has 0 aliphatic carbocycles. The molecule has 1 heterocycles. The standard InChI is InChI=1S/C17H21F3N2O2/c1-12-3-5-13(6-4-12)7-8-15(23)21(2)14-9-10-22(16(14)24)11-17(18,19)20/h3-6,14H,7-11H2,1-2H3/t14-/m0/s1. The van der Waals surface area contributed by atoms with Crippen LogP contribution in [0.15, 0.2) is 24.3 Å². The van der Waals surface area contributed by atoms with Gasteiger partial charge in [-0.05, 0) is 25.3 Å². The Labute approximate surface area is 139 Å². The second kappa shape index (κ2) is 7.23. The second-order valence-corrected chi connectivity index (χ2v) is 6.17. The van der Waals surface area contributed by atoms with Crippen LogP contribution in [0.1, 0.15) is 24.0 Å². The number of halogens is 3. The molecule has 1 fully saturated rings. The van der Waals surface area contributed by atoms with Gasteiger partial charge in [0, 0.05) is 20.0 Å². The van der Waals surface area contributed by atoms with Gasteiger partial charge in [0.2, 0.25) is 11.8 Å². The van der Waals surface area contributed by atoms with E-state index in [4.69, 9.17) is 0 Å².